The molecule has 3 rings (SSSR count). The molecule has 1 aromatic carbocycles. The lowest BCUT2D eigenvalue weighted by atomic mass is 10.0. The largest absolute Gasteiger partial charge is 0.481 e. The fourth-order valence-corrected chi connectivity index (χ4v) is 2.67. The van der Waals surface area contributed by atoms with Gasteiger partial charge in [-0.2, -0.15) is 0 Å². The van der Waals surface area contributed by atoms with Gasteiger partial charge in [0.2, 0.25) is 0 Å². The predicted molar refractivity (Wildman–Crippen MR) is 100 cm³/mol. The molecule has 0 fully saturated rings. The van der Waals surface area contributed by atoms with Gasteiger partial charge in [-0.3, -0.25) is 9.20 Å². The minimum Gasteiger partial charge on any atom is -0.481 e. The third-order valence-electron chi connectivity index (χ3n) is 4.36. The van der Waals surface area contributed by atoms with Gasteiger partial charge in [-0.25, -0.2) is 0 Å². The van der Waals surface area contributed by atoms with Gasteiger partial charge in [0.15, 0.2) is 17.6 Å². The molecule has 2 heterocycles. The molecule has 1 unspecified atom stereocenters. The first-order valence-corrected chi connectivity index (χ1v) is 8.79. The summed E-state index contributed by atoms with van der Waals surface area (Å²) in [6, 6.07) is 11.8. The molecule has 0 aliphatic carbocycles. The molecule has 1 N–H and O–H groups in total. The summed E-state index contributed by atoms with van der Waals surface area (Å²) >= 11 is 0. The minimum absolute atomic E-state index is 0.188. The second-order valence-corrected chi connectivity index (χ2v) is 6.70. The van der Waals surface area contributed by atoms with E-state index in [9.17, 15) is 4.79 Å². The van der Waals surface area contributed by atoms with Gasteiger partial charge in [0, 0.05) is 6.20 Å². The van der Waals surface area contributed by atoms with Crippen LogP contribution in [0.3, 0.4) is 0 Å². The van der Waals surface area contributed by atoms with Crippen molar-refractivity contribution < 1.29 is 9.53 Å². The van der Waals surface area contributed by atoms with Crippen LogP contribution in [0.2, 0.25) is 0 Å². The molecular weight excluding hydrogens is 328 g/mol. The molecule has 0 radical (unpaired) electrons. The third-order valence-corrected chi connectivity index (χ3v) is 4.36. The highest BCUT2D eigenvalue weighted by molar-refractivity contribution is 5.80. The lowest BCUT2D eigenvalue weighted by molar-refractivity contribution is -0.127. The van der Waals surface area contributed by atoms with E-state index in [0.717, 1.165) is 17.0 Å². The topological polar surface area (TPSA) is 68.5 Å². The molecular formula is C20H24N4O2. The molecule has 6 heteroatoms. The SMILES string of the molecule is Cc1ccc(C(C)C)cc1OC(C)C(=O)NCc1nnc2ccccn12. The maximum absolute atomic E-state index is 12.4. The summed E-state index contributed by atoms with van der Waals surface area (Å²) in [4.78, 5) is 12.4. The van der Waals surface area contributed by atoms with Crippen LogP contribution in [0, 0.1) is 6.92 Å². The van der Waals surface area contributed by atoms with Crippen molar-refractivity contribution in [2.45, 2.75) is 46.3 Å². The van der Waals surface area contributed by atoms with E-state index in [-0.39, 0.29) is 5.91 Å². The van der Waals surface area contributed by atoms with Gasteiger partial charge in [-0.15, -0.1) is 10.2 Å². The molecule has 0 saturated heterocycles. The molecule has 0 aliphatic rings. The first-order chi connectivity index (χ1) is 12.5. The highest BCUT2D eigenvalue weighted by atomic mass is 16.5. The summed E-state index contributed by atoms with van der Waals surface area (Å²) in [7, 11) is 0. The number of carbonyl (C=O) groups excluding carboxylic acids is 1. The van der Waals surface area contributed by atoms with Gasteiger partial charge in [-0.1, -0.05) is 32.0 Å². The summed E-state index contributed by atoms with van der Waals surface area (Å²) in [5.41, 5.74) is 2.95. The van der Waals surface area contributed by atoms with Crippen molar-refractivity contribution >= 4 is 11.6 Å². The van der Waals surface area contributed by atoms with Crippen molar-refractivity contribution in [3.8, 4) is 5.75 Å². The van der Waals surface area contributed by atoms with E-state index >= 15 is 0 Å². The van der Waals surface area contributed by atoms with E-state index in [4.69, 9.17) is 4.74 Å². The Hall–Kier alpha value is -2.89. The van der Waals surface area contributed by atoms with Gasteiger partial charge in [0.05, 0.1) is 6.54 Å². The molecule has 26 heavy (non-hydrogen) atoms. The van der Waals surface area contributed by atoms with Crippen molar-refractivity contribution in [1.82, 2.24) is 19.9 Å². The lowest BCUT2D eigenvalue weighted by Crippen LogP contribution is -2.36. The smallest absolute Gasteiger partial charge is 0.261 e. The van der Waals surface area contributed by atoms with Crippen molar-refractivity contribution in [2.24, 2.45) is 0 Å². The molecule has 136 valence electrons. The molecule has 0 spiro atoms. The van der Waals surface area contributed by atoms with Crippen LogP contribution >= 0.6 is 0 Å². The number of fused-ring (bicyclic) bond motifs is 1. The van der Waals surface area contributed by atoms with Crippen LogP contribution in [-0.4, -0.2) is 26.6 Å². The minimum atomic E-state index is -0.602. The molecule has 6 nitrogen and oxygen atoms in total. The van der Waals surface area contributed by atoms with E-state index in [1.807, 2.05) is 47.9 Å². The predicted octanol–water partition coefficient (Wildman–Crippen LogP) is 3.24. The number of hydrogen-bond acceptors (Lipinski definition) is 4. The number of aromatic nitrogens is 3. The normalized spacial score (nSPS) is 12.3. The molecule has 0 aliphatic heterocycles. The molecule has 3 aromatic rings. The Labute approximate surface area is 153 Å². The summed E-state index contributed by atoms with van der Waals surface area (Å²) in [5, 5.41) is 11.1. The van der Waals surface area contributed by atoms with Crippen LogP contribution in [0.5, 0.6) is 5.75 Å². The summed E-state index contributed by atoms with van der Waals surface area (Å²) in [5.74, 6) is 1.64. The first-order valence-electron chi connectivity index (χ1n) is 8.79. The Morgan fingerprint density at radius 1 is 1.19 bits per heavy atom. The van der Waals surface area contributed by atoms with E-state index in [1.165, 1.54) is 5.56 Å². The Bertz CT molecular complexity index is 917. The van der Waals surface area contributed by atoms with E-state index in [2.05, 4.69) is 35.4 Å². The zero-order valence-electron chi connectivity index (χ0n) is 15.6. The van der Waals surface area contributed by atoms with Gasteiger partial charge >= 0.3 is 0 Å². The fourth-order valence-electron chi connectivity index (χ4n) is 2.67. The summed E-state index contributed by atoms with van der Waals surface area (Å²) < 4.78 is 7.75. The Balaban J connectivity index is 1.64. The second-order valence-electron chi connectivity index (χ2n) is 6.70. The maximum atomic E-state index is 12.4. The quantitative estimate of drug-likeness (QED) is 0.739. The number of carbonyl (C=O) groups is 1. The second kappa shape index (κ2) is 7.56. The average molecular weight is 352 g/mol. The van der Waals surface area contributed by atoms with Crippen molar-refractivity contribution in [3.05, 3.63) is 59.5 Å². The number of amides is 1. The summed E-state index contributed by atoms with van der Waals surface area (Å²) in [6.07, 6.45) is 1.27. The van der Waals surface area contributed by atoms with E-state index in [0.29, 0.717) is 18.3 Å². The number of aryl methyl sites for hydroxylation is 1. The van der Waals surface area contributed by atoms with Crippen LogP contribution in [0.25, 0.3) is 5.65 Å². The fraction of sp³-hybridized carbons (Fsp3) is 0.350. The van der Waals surface area contributed by atoms with Crippen LogP contribution in [0.15, 0.2) is 42.6 Å². The number of ether oxygens (including phenoxy) is 1. The molecule has 0 saturated carbocycles. The number of pyridine rings is 1. The Kier molecular flexibility index (Phi) is 5.21. The van der Waals surface area contributed by atoms with Crippen LogP contribution < -0.4 is 10.1 Å². The highest BCUT2D eigenvalue weighted by Crippen LogP contribution is 2.25. The monoisotopic (exact) mass is 352 g/mol. The zero-order valence-corrected chi connectivity index (χ0v) is 15.6. The standard InChI is InChI=1S/C20H24N4O2/c1-13(2)16-9-8-14(3)17(11-16)26-15(4)20(25)21-12-19-23-22-18-7-5-6-10-24(18)19/h5-11,13,15H,12H2,1-4H3,(H,21,25). The molecule has 2 aromatic heterocycles. The van der Waals surface area contributed by atoms with Crippen LogP contribution in [0.4, 0.5) is 0 Å². The number of rotatable bonds is 6. The number of hydrogen-bond donors (Lipinski definition) is 1. The van der Waals surface area contributed by atoms with E-state index < -0.39 is 6.10 Å². The van der Waals surface area contributed by atoms with Crippen molar-refractivity contribution in [1.29, 1.82) is 0 Å². The highest BCUT2D eigenvalue weighted by Gasteiger charge is 2.17. The lowest BCUT2D eigenvalue weighted by Gasteiger charge is -2.17. The molecule has 1 amide bonds. The average Bonchev–Trinajstić information content (AvgIpc) is 3.04. The number of benzene rings is 1. The van der Waals surface area contributed by atoms with Crippen molar-refractivity contribution in [2.75, 3.05) is 0 Å². The van der Waals surface area contributed by atoms with Gasteiger partial charge in [0.25, 0.3) is 5.91 Å². The van der Waals surface area contributed by atoms with Crippen molar-refractivity contribution in [3.63, 3.8) is 0 Å². The number of nitrogens with one attached hydrogen (secondary N) is 1. The van der Waals surface area contributed by atoms with Gasteiger partial charge < -0.3 is 10.1 Å². The number of nitrogens with zero attached hydrogens (tertiary/aromatic N) is 3. The Morgan fingerprint density at radius 3 is 2.77 bits per heavy atom. The van der Waals surface area contributed by atoms with Gasteiger partial charge in [-0.05, 0) is 49.1 Å². The van der Waals surface area contributed by atoms with Crippen LogP contribution in [0.1, 0.15) is 43.6 Å². The molecule has 0 bridgehead atoms. The zero-order chi connectivity index (χ0) is 18.7. The summed E-state index contributed by atoms with van der Waals surface area (Å²) in [6.45, 7) is 8.29. The van der Waals surface area contributed by atoms with Crippen LogP contribution in [-0.2, 0) is 11.3 Å². The molecule has 1 atom stereocenters. The Morgan fingerprint density at radius 2 is 2.00 bits per heavy atom. The third kappa shape index (κ3) is 3.85. The van der Waals surface area contributed by atoms with E-state index in [1.54, 1.807) is 6.92 Å². The first kappa shape index (κ1) is 17.9. The van der Waals surface area contributed by atoms with Gasteiger partial charge in [0.1, 0.15) is 5.75 Å². The maximum Gasteiger partial charge on any atom is 0.261 e.